The molecule has 0 unspecified atom stereocenters. The third-order valence-corrected chi connectivity index (χ3v) is 8.30. The number of hydrogen-bond donors (Lipinski definition) is 2. The Kier molecular flexibility index (Phi) is 22.5. The zero-order chi connectivity index (χ0) is 40.4. The van der Waals surface area contributed by atoms with Crippen LogP contribution in [0.1, 0.15) is 53.7 Å². The molecule has 0 bridgehead atoms. The van der Waals surface area contributed by atoms with E-state index in [4.69, 9.17) is 31.9 Å². The molecule has 4 aliphatic rings. The molecule has 7 heterocycles. The molecular formula is C37H46Br3ClN6O7. The van der Waals surface area contributed by atoms with Gasteiger partial charge in [-0.2, -0.15) is 0 Å². The molecule has 294 valence electrons. The molecule has 54 heavy (non-hydrogen) atoms. The Bertz CT molecular complexity index is 1680. The summed E-state index contributed by atoms with van der Waals surface area (Å²) in [6.45, 7) is 14.0. The highest BCUT2D eigenvalue weighted by Gasteiger charge is 2.24. The molecule has 3 aromatic rings. The summed E-state index contributed by atoms with van der Waals surface area (Å²) in [6, 6.07) is 10.9. The van der Waals surface area contributed by atoms with Gasteiger partial charge in [0.25, 0.3) is 5.91 Å². The number of nitrogens with zero attached hydrogens (tertiary/aromatic N) is 4. The molecule has 0 aromatic carbocycles. The van der Waals surface area contributed by atoms with Gasteiger partial charge in [-0.25, -0.2) is 15.0 Å². The Balaban J connectivity index is 0.000000245. The van der Waals surface area contributed by atoms with Gasteiger partial charge in [0.15, 0.2) is 41.3 Å². The second kappa shape index (κ2) is 27.1. The number of allylic oxidation sites excluding steroid dienone is 2. The van der Waals surface area contributed by atoms with Gasteiger partial charge >= 0.3 is 0 Å². The first-order valence-corrected chi connectivity index (χ1v) is 19.8. The molecule has 17 heteroatoms. The number of halogens is 4. The summed E-state index contributed by atoms with van der Waals surface area (Å²) < 4.78 is 29.2. The Morgan fingerprint density at radius 2 is 1.41 bits per heavy atom. The normalized spacial score (nSPS) is 14.2. The summed E-state index contributed by atoms with van der Waals surface area (Å²) in [5, 5.41) is 5.44. The third-order valence-electron chi connectivity index (χ3n) is 6.79. The van der Waals surface area contributed by atoms with E-state index in [0.29, 0.717) is 78.1 Å². The van der Waals surface area contributed by atoms with E-state index in [9.17, 15) is 14.4 Å². The predicted octanol–water partition coefficient (Wildman–Crippen LogP) is 8.90. The van der Waals surface area contributed by atoms with Crippen molar-refractivity contribution in [2.75, 3.05) is 61.7 Å². The van der Waals surface area contributed by atoms with E-state index in [2.05, 4.69) is 86.5 Å². The SMILES string of the molecule is Brc1ccc2c(n1)NCCO2.C1CCOC1.C=CCCC(=O)Cl.C=CCCC(=O)N1CCOc2ccc(Br)nc21.O=C1COc2ccc(Br)nc2N1.[2H]CC. The number of rotatable bonds is 6. The van der Waals surface area contributed by atoms with Gasteiger partial charge in [-0.15, -0.1) is 13.2 Å². The van der Waals surface area contributed by atoms with E-state index < -0.39 is 0 Å². The maximum absolute atomic E-state index is 12.0. The Labute approximate surface area is 348 Å². The number of amides is 2. The highest BCUT2D eigenvalue weighted by Crippen LogP contribution is 2.31. The zero-order valence-corrected chi connectivity index (χ0v) is 35.6. The average Bonchev–Trinajstić information content (AvgIpc) is 3.78. The van der Waals surface area contributed by atoms with E-state index in [0.717, 1.165) is 42.5 Å². The van der Waals surface area contributed by atoms with Crippen molar-refractivity contribution in [1.29, 1.82) is 0 Å². The minimum absolute atomic E-state index is 0.0556. The Morgan fingerprint density at radius 3 is 1.98 bits per heavy atom. The number of carbonyl (C=O) groups excluding carboxylic acids is 3. The summed E-state index contributed by atoms with van der Waals surface area (Å²) in [6.07, 6.45) is 8.19. The minimum atomic E-state index is -0.292. The van der Waals surface area contributed by atoms with Gasteiger partial charge < -0.3 is 29.6 Å². The minimum Gasteiger partial charge on any atom is -0.488 e. The summed E-state index contributed by atoms with van der Waals surface area (Å²) in [7, 11) is 0. The number of pyridine rings is 3. The van der Waals surface area contributed by atoms with E-state index in [1.807, 2.05) is 18.2 Å². The van der Waals surface area contributed by atoms with Crippen molar-refractivity contribution in [2.24, 2.45) is 0 Å². The van der Waals surface area contributed by atoms with Crippen molar-refractivity contribution in [3.63, 3.8) is 0 Å². The highest BCUT2D eigenvalue weighted by molar-refractivity contribution is 9.11. The molecule has 1 fully saturated rings. The molecule has 0 aliphatic carbocycles. The van der Waals surface area contributed by atoms with Gasteiger partial charge in [-0.1, -0.05) is 26.0 Å². The molecule has 1 saturated heterocycles. The molecule has 0 saturated carbocycles. The summed E-state index contributed by atoms with van der Waals surface area (Å²) in [5.41, 5.74) is 0. The highest BCUT2D eigenvalue weighted by atomic mass is 79.9. The molecule has 0 radical (unpaired) electrons. The van der Waals surface area contributed by atoms with Gasteiger partial charge in [0.2, 0.25) is 11.1 Å². The quantitative estimate of drug-likeness (QED) is 0.138. The van der Waals surface area contributed by atoms with Crippen LogP contribution in [0.15, 0.2) is 75.5 Å². The first-order chi connectivity index (χ1) is 26.5. The van der Waals surface area contributed by atoms with E-state index in [-0.39, 0.29) is 23.7 Å². The summed E-state index contributed by atoms with van der Waals surface area (Å²) in [5.74, 6) is 3.88. The summed E-state index contributed by atoms with van der Waals surface area (Å²) >= 11 is 14.7. The molecule has 0 spiro atoms. The fourth-order valence-electron chi connectivity index (χ4n) is 4.34. The van der Waals surface area contributed by atoms with E-state index >= 15 is 0 Å². The van der Waals surface area contributed by atoms with Crippen LogP contribution >= 0.6 is 59.4 Å². The number of hydrogen-bond acceptors (Lipinski definition) is 11. The van der Waals surface area contributed by atoms with Crippen molar-refractivity contribution < 1.29 is 34.7 Å². The zero-order valence-electron chi connectivity index (χ0n) is 31.1. The fraction of sp³-hybridized carbons (Fsp3) is 0.405. The first-order valence-electron chi connectivity index (χ1n) is 17.7. The van der Waals surface area contributed by atoms with Crippen LogP contribution < -0.4 is 29.7 Å². The van der Waals surface area contributed by atoms with Crippen LogP contribution in [0, 0.1) is 0 Å². The van der Waals surface area contributed by atoms with Crippen LogP contribution in [0.4, 0.5) is 17.5 Å². The fourth-order valence-corrected chi connectivity index (χ4v) is 5.36. The van der Waals surface area contributed by atoms with Crippen LogP contribution in [-0.4, -0.2) is 78.1 Å². The standard InChI is InChI=1S/C12H13BrN2O2.C7H5BrN2O2.C7H7BrN2O.C5H7ClO.C4H8O.C2H6/c1-2-3-4-11(16)15-7-8-17-9-5-6-10(13)14-12(9)15;8-5-2-1-4-7(9-5)10-6(11)3-12-4;8-6-2-1-5-7(10-6)9-3-4-11-5;1-2-3-4-5(6)7;1-2-4-5-3-1;1-2/h2,5-6H,1,3-4,7-8H2;1-2H,3H2,(H,9,10,11);1-2H,3-4H2,(H,9,10);2H,1,3-4H2;1-4H2;1-2H3/i;;;;;1D. The van der Waals surface area contributed by atoms with Crippen LogP contribution in [0.5, 0.6) is 17.2 Å². The molecule has 2 N–H and O–H groups in total. The lowest BCUT2D eigenvalue weighted by Gasteiger charge is -2.28. The number of nitrogens with one attached hydrogen (secondary N) is 2. The van der Waals surface area contributed by atoms with E-state index in [1.54, 1.807) is 42.2 Å². The number of fused-ring (bicyclic) bond motifs is 3. The second-order valence-electron chi connectivity index (χ2n) is 10.8. The van der Waals surface area contributed by atoms with E-state index in [1.165, 1.54) is 12.8 Å². The van der Waals surface area contributed by atoms with Gasteiger partial charge in [0, 0.05) is 27.4 Å². The lowest BCUT2D eigenvalue weighted by molar-refractivity contribution is -0.119. The number of anilines is 3. The van der Waals surface area contributed by atoms with Crippen molar-refractivity contribution in [3.8, 4) is 17.2 Å². The van der Waals surface area contributed by atoms with Crippen LogP contribution in [0.25, 0.3) is 0 Å². The topological polar surface area (TPSA) is 154 Å². The van der Waals surface area contributed by atoms with Gasteiger partial charge in [-0.05, 0) is 121 Å². The largest absolute Gasteiger partial charge is 0.488 e. The smallest absolute Gasteiger partial charge is 0.263 e. The lowest BCUT2D eigenvalue weighted by atomic mass is 10.2. The van der Waals surface area contributed by atoms with Crippen LogP contribution in [0.2, 0.25) is 0 Å². The third kappa shape index (κ3) is 17.7. The monoisotopic (exact) mass is 959 g/mol. The Hall–Kier alpha value is -3.57. The number of ether oxygens (including phenoxy) is 4. The van der Waals surface area contributed by atoms with Crippen molar-refractivity contribution in [3.05, 3.63) is 75.5 Å². The van der Waals surface area contributed by atoms with Crippen molar-refractivity contribution in [1.82, 2.24) is 15.0 Å². The van der Waals surface area contributed by atoms with Gasteiger partial charge in [0.05, 0.1) is 13.1 Å². The molecule has 0 atom stereocenters. The van der Waals surface area contributed by atoms with Crippen molar-refractivity contribution in [2.45, 2.75) is 52.3 Å². The lowest BCUT2D eigenvalue weighted by Crippen LogP contribution is -2.38. The molecular weight excluding hydrogens is 916 g/mol. The van der Waals surface area contributed by atoms with Crippen molar-refractivity contribution >= 4 is 93.9 Å². The van der Waals surface area contributed by atoms with Gasteiger partial charge in [0.1, 0.15) is 27.0 Å². The molecule has 13 nitrogen and oxygen atoms in total. The summed E-state index contributed by atoms with van der Waals surface area (Å²) in [4.78, 5) is 47.0. The maximum atomic E-state index is 12.0. The Morgan fingerprint density at radius 1 is 0.852 bits per heavy atom. The molecule has 4 aliphatic heterocycles. The van der Waals surface area contributed by atoms with Crippen LogP contribution in [-0.2, 0) is 19.1 Å². The molecule has 7 rings (SSSR count). The van der Waals surface area contributed by atoms with Crippen LogP contribution in [0.3, 0.4) is 0 Å². The predicted molar refractivity (Wildman–Crippen MR) is 223 cm³/mol. The number of carbonyl (C=O) groups is 3. The maximum Gasteiger partial charge on any atom is 0.263 e. The first kappa shape index (κ1) is 44.8. The number of aromatic nitrogens is 3. The average molecular weight is 963 g/mol. The molecule has 2 amide bonds. The molecule has 3 aromatic heterocycles. The van der Waals surface area contributed by atoms with Gasteiger partial charge in [-0.3, -0.25) is 19.3 Å². The second-order valence-corrected chi connectivity index (χ2v) is 13.6.